The molecule has 0 aromatic heterocycles. The van der Waals surface area contributed by atoms with E-state index in [0.29, 0.717) is 29.9 Å². The van der Waals surface area contributed by atoms with Crippen LogP contribution < -0.4 is 0 Å². The first-order valence-corrected chi connectivity index (χ1v) is 14.5. The van der Waals surface area contributed by atoms with E-state index < -0.39 is 0 Å². The SMILES string of the molecule is CC1=C(O)CCC(/C(=C(\CCCO)[C@H]2C=C[C@H](C)CC2)c2ccc(C3CCN(C4CC4)CC3)cc2)=C1. The summed E-state index contributed by atoms with van der Waals surface area (Å²) in [5.41, 5.74) is 7.96. The summed E-state index contributed by atoms with van der Waals surface area (Å²) in [6, 6.07) is 10.4. The molecule has 3 heteroatoms. The fraction of sp³-hybridized carbons (Fsp3) is 0.576. The van der Waals surface area contributed by atoms with E-state index >= 15 is 0 Å². The minimum Gasteiger partial charge on any atom is -0.512 e. The Morgan fingerprint density at radius 2 is 1.69 bits per heavy atom. The summed E-state index contributed by atoms with van der Waals surface area (Å²) in [5, 5.41) is 20.0. The molecule has 0 radical (unpaired) electrons. The second-order valence-corrected chi connectivity index (χ2v) is 11.7. The van der Waals surface area contributed by atoms with Crippen molar-refractivity contribution in [2.45, 2.75) is 90.0 Å². The van der Waals surface area contributed by atoms with Crippen molar-refractivity contribution in [2.24, 2.45) is 11.8 Å². The highest BCUT2D eigenvalue weighted by atomic mass is 16.3. The molecule has 0 unspecified atom stereocenters. The summed E-state index contributed by atoms with van der Waals surface area (Å²) in [6.45, 7) is 7.06. The molecule has 5 rings (SSSR count). The summed E-state index contributed by atoms with van der Waals surface area (Å²) in [5.74, 6) is 2.27. The zero-order valence-corrected chi connectivity index (χ0v) is 22.4. The van der Waals surface area contributed by atoms with Crippen molar-refractivity contribution in [3.63, 3.8) is 0 Å². The molecule has 0 bridgehead atoms. The number of aliphatic hydroxyl groups is 2. The summed E-state index contributed by atoms with van der Waals surface area (Å²) >= 11 is 0. The van der Waals surface area contributed by atoms with Gasteiger partial charge in [-0.2, -0.15) is 0 Å². The van der Waals surface area contributed by atoms with Gasteiger partial charge in [-0.25, -0.2) is 0 Å². The van der Waals surface area contributed by atoms with E-state index in [9.17, 15) is 10.2 Å². The molecule has 2 atom stereocenters. The Hall–Kier alpha value is -2.10. The van der Waals surface area contributed by atoms with E-state index in [2.05, 4.69) is 54.3 Å². The largest absolute Gasteiger partial charge is 0.512 e. The number of piperidine rings is 1. The zero-order valence-electron chi connectivity index (χ0n) is 22.4. The molecule has 36 heavy (non-hydrogen) atoms. The first kappa shape index (κ1) is 25.5. The normalized spacial score (nSPS) is 26.7. The third-order valence-electron chi connectivity index (χ3n) is 9.04. The van der Waals surface area contributed by atoms with Crippen LogP contribution in [0.25, 0.3) is 5.57 Å². The Balaban J connectivity index is 1.48. The number of hydrogen-bond donors (Lipinski definition) is 2. The minimum absolute atomic E-state index is 0.223. The number of rotatable bonds is 8. The molecule has 1 heterocycles. The Labute approximate surface area is 218 Å². The highest BCUT2D eigenvalue weighted by Crippen LogP contribution is 2.42. The van der Waals surface area contributed by atoms with E-state index in [1.165, 1.54) is 79.5 Å². The fourth-order valence-electron chi connectivity index (χ4n) is 6.62. The second kappa shape index (κ2) is 11.5. The minimum atomic E-state index is 0.223. The average molecular weight is 488 g/mol. The summed E-state index contributed by atoms with van der Waals surface area (Å²) < 4.78 is 0. The van der Waals surface area contributed by atoms with Gasteiger partial charge in [-0.3, -0.25) is 0 Å². The maximum Gasteiger partial charge on any atom is 0.0955 e. The van der Waals surface area contributed by atoms with E-state index in [1.807, 2.05) is 6.92 Å². The quantitative estimate of drug-likeness (QED) is 0.369. The maximum atomic E-state index is 10.3. The highest BCUT2D eigenvalue weighted by Gasteiger charge is 2.32. The Morgan fingerprint density at radius 1 is 0.944 bits per heavy atom. The predicted octanol–water partition coefficient (Wildman–Crippen LogP) is 7.71. The molecule has 194 valence electrons. The summed E-state index contributed by atoms with van der Waals surface area (Å²) in [7, 11) is 0. The van der Waals surface area contributed by atoms with Crippen molar-refractivity contribution in [3.8, 4) is 0 Å². The Morgan fingerprint density at radius 3 is 2.31 bits per heavy atom. The molecule has 1 aromatic rings. The van der Waals surface area contributed by atoms with Crippen molar-refractivity contribution >= 4 is 5.57 Å². The van der Waals surface area contributed by atoms with Gasteiger partial charge in [0, 0.05) is 19.1 Å². The fourth-order valence-corrected chi connectivity index (χ4v) is 6.62. The van der Waals surface area contributed by atoms with E-state index in [-0.39, 0.29) is 6.61 Å². The monoisotopic (exact) mass is 487 g/mol. The summed E-state index contributed by atoms with van der Waals surface area (Å²) in [4.78, 5) is 2.71. The van der Waals surface area contributed by atoms with Crippen LogP contribution in [0.1, 0.15) is 95.1 Å². The number of aliphatic hydroxyl groups excluding tert-OH is 2. The van der Waals surface area contributed by atoms with Gasteiger partial charge in [-0.1, -0.05) is 55.0 Å². The smallest absolute Gasteiger partial charge is 0.0955 e. The topological polar surface area (TPSA) is 43.7 Å². The lowest BCUT2D eigenvalue weighted by atomic mass is 9.76. The van der Waals surface area contributed by atoms with Gasteiger partial charge in [0.25, 0.3) is 0 Å². The molecular formula is C33H45NO2. The average Bonchev–Trinajstić information content (AvgIpc) is 3.75. The standard InChI is InChI=1S/C33H45NO2/c1-23-5-7-27(8-6-23)31(4-3-21-35)33(29-13-16-32(36)24(2)22-29)28-11-9-25(10-12-28)26-17-19-34(20-18-26)30-14-15-30/h5,7,9-12,22-23,26-27,30,35-36H,3-4,6,8,13-21H2,1-2H3/b33-31+/t23-,27-/m0/s1. The van der Waals surface area contributed by atoms with Gasteiger partial charge in [0.15, 0.2) is 0 Å². The zero-order chi connectivity index (χ0) is 25.1. The lowest BCUT2D eigenvalue weighted by Crippen LogP contribution is -2.34. The molecule has 2 fully saturated rings. The van der Waals surface area contributed by atoms with Crippen LogP contribution in [-0.2, 0) is 0 Å². The van der Waals surface area contributed by atoms with Crippen molar-refractivity contribution in [1.29, 1.82) is 0 Å². The van der Waals surface area contributed by atoms with Crippen LogP contribution in [0.15, 0.2) is 65.0 Å². The van der Waals surface area contributed by atoms with Crippen molar-refractivity contribution in [3.05, 3.63) is 76.1 Å². The molecule has 0 spiro atoms. The van der Waals surface area contributed by atoms with Crippen LogP contribution in [-0.4, -0.2) is 40.9 Å². The first-order chi connectivity index (χ1) is 17.5. The van der Waals surface area contributed by atoms with E-state index in [0.717, 1.165) is 30.9 Å². The number of allylic oxidation sites excluding steroid dienone is 8. The number of nitrogens with zero attached hydrogens (tertiary/aromatic N) is 1. The van der Waals surface area contributed by atoms with Gasteiger partial charge < -0.3 is 15.1 Å². The molecule has 1 saturated heterocycles. The lowest BCUT2D eigenvalue weighted by Gasteiger charge is -2.32. The van der Waals surface area contributed by atoms with Crippen LogP contribution >= 0.6 is 0 Å². The van der Waals surface area contributed by atoms with Gasteiger partial charge in [-0.15, -0.1) is 0 Å². The number of hydrogen-bond acceptors (Lipinski definition) is 3. The molecule has 1 aromatic carbocycles. The number of benzene rings is 1. The Bertz CT molecular complexity index is 1030. The number of likely N-dealkylation sites (tertiary alicyclic amines) is 1. The highest BCUT2D eigenvalue weighted by molar-refractivity contribution is 5.83. The second-order valence-electron chi connectivity index (χ2n) is 11.7. The first-order valence-electron chi connectivity index (χ1n) is 14.5. The van der Waals surface area contributed by atoms with Gasteiger partial charge in [-0.05, 0) is 123 Å². The summed E-state index contributed by atoms with van der Waals surface area (Å²) in [6.07, 6.45) is 18.1. The molecule has 3 nitrogen and oxygen atoms in total. The van der Waals surface area contributed by atoms with Crippen LogP contribution in [0.4, 0.5) is 0 Å². The third-order valence-corrected chi connectivity index (χ3v) is 9.04. The lowest BCUT2D eigenvalue weighted by molar-refractivity contribution is 0.203. The van der Waals surface area contributed by atoms with Crippen LogP contribution in [0.3, 0.4) is 0 Å². The van der Waals surface area contributed by atoms with Crippen LogP contribution in [0, 0.1) is 11.8 Å². The molecule has 2 N–H and O–H groups in total. The van der Waals surface area contributed by atoms with Gasteiger partial charge >= 0.3 is 0 Å². The molecule has 4 aliphatic rings. The molecular weight excluding hydrogens is 442 g/mol. The van der Waals surface area contributed by atoms with Crippen molar-refractivity contribution in [1.82, 2.24) is 4.90 Å². The van der Waals surface area contributed by atoms with E-state index in [4.69, 9.17) is 0 Å². The van der Waals surface area contributed by atoms with E-state index in [1.54, 1.807) is 0 Å². The van der Waals surface area contributed by atoms with Crippen molar-refractivity contribution < 1.29 is 10.2 Å². The Kier molecular flexibility index (Phi) is 8.18. The predicted molar refractivity (Wildman–Crippen MR) is 150 cm³/mol. The molecule has 1 saturated carbocycles. The van der Waals surface area contributed by atoms with Gasteiger partial charge in [0.2, 0.25) is 0 Å². The molecule has 3 aliphatic carbocycles. The maximum absolute atomic E-state index is 10.3. The van der Waals surface area contributed by atoms with Crippen LogP contribution in [0.5, 0.6) is 0 Å². The molecule has 0 amide bonds. The third kappa shape index (κ3) is 5.89. The van der Waals surface area contributed by atoms with Gasteiger partial charge in [0.05, 0.1) is 5.76 Å². The molecule has 1 aliphatic heterocycles. The van der Waals surface area contributed by atoms with Crippen molar-refractivity contribution in [2.75, 3.05) is 19.7 Å². The van der Waals surface area contributed by atoms with Gasteiger partial charge in [0.1, 0.15) is 0 Å². The van der Waals surface area contributed by atoms with Crippen LogP contribution in [0.2, 0.25) is 0 Å².